The molecule has 0 aliphatic heterocycles. The number of nitrogens with zero attached hydrogens (tertiary/aromatic N) is 1. The Morgan fingerprint density at radius 3 is 2.59 bits per heavy atom. The van der Waals surface area contributed by atoms with Crippen molar-refractivity contribution < 1.29 is 8.78 Å². The topological polar surface area (TPSA) is 17.0 Å². The van der Waals surface area contributed by atoms with E-state index in [1.165, 1.54) is 6.20 Å². The maximum atomic E-state index is 12.9. The number of alkyl halides is 2. The highest BCUT2D eigenvalue weighted by molar-refractivity contribution is 5.84. The van der Waals surface area contributed by atoms with Crippen LogP contribution in [0.5, 0.6) is 0 Å². The maximum Gasteiger partial charge on any atom is 0.319 e. The van der Waals surface area contributed by atoms with Gasteiger partial charge < -0.3 is 5.32 Å². The molecule has 0 aliphatic carbocycles. The Labute approximate surface area is 99.2 Å². The third kappa shape index (κ3) is 2.47. The van der Waals surface area contributed by atoms with Gasteiger partial charge in [-0.05, 0) is 11.6 Å². The number of nitrogens with one attached hydrogen (secondary N) is 1. The van der Waals surface area contributed by atoms with Crippen molar-refractivity contribution >= 4 is 10.9 Å². The molecule has 0 saturated heterocycles. The summed E-state index contributed by atoms with van der Waals surface area (Å²) in [6, 6.07) is 7.59. The zero-order chi connectivity index (χ0) is 12.4. The van der Waals surface area contributed by atoms with Crippen LogP contribution in [0.3, 0.4) is 0 Å². The second-order valence-corrected chi connectivity index (χ2v) is 4.39. The van der Waals surface area contributed by atoms with Crippen molar-refractivity contribution in [3.8, 4) is 0 Å². The predicted octanol–water partition coefficient (Wildman–Crippen LogP) is 3.53. The number of aromatic nitrogens is 1. The Balaban J connectivity index is 2.42. The number of hydrogen-bond donors (Lipinski definition) is 1. The molecule has 1 heterocycles. The first kappa shape index (κ1) is 12.0. The lowest BCUT2D eigenvalue weighted by Gasteiger charge is -2.06. The molecule has 1 aromatic heterocycles. The van der Waals surface area contributed by atoms with Crippen molar-refractivity contribution in [2.45, 2.75) is 33.0 Å². The van der Waals surface area contributed by atoms with Crippen molar-refractivity contribution in [2.24, 2.45) is 0 Å². The molecule has 0 aliphatic rings. The summed E-state index contributed by atoms with van der Waals surface area (Å²) < 4.78 is 26.7. The van der Waals surface area contributed by atoms with Gasteiger partial charge in [-0.1, -0.05) is 32.0 Å². The molecule has 2 aromatic rings. The number of hydrogen-bond acceptors (Lipinski definition) is 1. The predicted molar refractivity (Wildman–Crippen MR) is 65.2 cm³/mol. The molecule has 92 valence electrons. The summed E-state index contributed by atoms with van der Waals surface area (Å²) in [6.07, 6.45) is 1.53. The van der Waals surface area contributed by atoms with E-state index in [2.05, 4.69) is 5.32 Å². The van der Waals surface area contributed by atoms with Crippen LogP contribution in [-0.4, -0.2) is 10.6 Å². The summed E-state index contributed by atoms with van der Waals surface area (Å²) >= 11 is 0. The molecule has 2 rings (SSSR count). The van der Waals surface area contributed by atoms with Crippen LogP contribution in [0.2, 0.25) is 0 Å². The van der Waals surface area contributed by atoms with Gasteiger partial charge in [0, 0.05) is 24.2 Å². The minimum atomic E-state index is -2.49. The lowest BCUT2D eigenvalue weighted by molar-refractivity contribution is 0.0750. The van der Waals surface area contributed by atoms with Gasteiger partial charge in [0.05, 0.1) is 5.52 Å². The lowest BCUT2D eigenvalue weighted by atomic mass is 10.2. The molecule has 2 nitrogen and oxygen atoms in total. The van der Waals surface area contributed by atoms with E-state index in [0.29, 0.717) is 18.1 Å². The van der Waals surface area contributed by atoms with Crippen LogP contribution in [-0.2, 0) is 6.54 Å². The van der Waals surface area contributed by atoms with Gasteiger partial charge in [-0.15, -0.1) is 0 Å². The Morgan fingerprint density at radius 2 is 1.94 bits per heavy atom. The highest BCUT2D eigenvalue weighted by atomic mass is 19.3. The zero-order valence-corrected chi connectivity index (χ0v) is 9.95. The minimum absolute atomic E-state index is 0.337. The molecule has 0 spiro atoms. The number of halogens is 2. The maximum absolute atomic E-state index is 12.9. The molecule has 0 fully saturated rings. The largest absolute Gasteiger partial charge is 0.319 e. The lowest BCUT2D eigenvalue weighted by Crippen LogP contribution is -2.21. The fraction of sp³-hybridized carbons (Fsp3) is 0.385. The minimum Gasteiger partial charge on any atom is -0.310 e. The zero-order valence-electron chi connectivity index (χ0n) is 9.95. The summed E-state index contributed by atoms with van der Waals surface area (Å²) in [5.74, 6) is 0. The molecule has 17 heavy (non-hydrogen) atoms. The molecule has 0 amide bonds. The van der Waals surface area contributed by atoms with E-state index in [1.807, 2.05) is 26.0 Å². The Morgan fingerprint density at radius 1 is 1.24 bits per heavy atom. The summed E-state index contributed by atoms with van der Waals surface area (Å²) in [6.45, 7) is 2.18. The molecule has 0 atom stereocenters. The number of fused-ring (bicyclic) bond motifs is 1. The van der Waals surface area contributed by atoms with E-state index < -0.39 is 6.55 Å². The Bertz CT molecular complexity index is 503. The molecule has 1 N–H and O–H groups in total. The quantitative estimate of drug-likeness (QED) is 0.862. The van der Waals surface area contributed by atoms with Crippen molar-refractivity contribution in [3.63, 3.8) is 0 Å². The monoisotopic (exact) mass is 238 g/mol. The van der Waals surface area contributed by atoms with Crippen LogP contribution in [0.1, 0.15) is 26.0 Å². The van der Waals surface area contributed by atoms with Crippen LogP contribution in [0, 0.1) is 0 Å². The van der Waals surface area contributed by atoms with E-state index in [0.717, 1.165) is 15.5 Å². The Hall–Kier alpha value is -1.42. The fourth-order valence-electron chi connectivity index (χ4n) is 1.89. The van der Waals surface area contributed by atoms with Gasteiger partial charge in [-0.3, -0.25) is 4.57 Å². The molecule has 0 radical (unpaired) electrons. The average molecular weight is 238 g/mol. The van der Waals surface area contributed by atoms with Crippen LogP contribution >= 0.6 is 0 Å². The Kier molecular flexibility index (Phi) is 3.43. The van der Waals surface area contributed by atoms with Crippen LogP contribution in [0.25, 0.3) is 10.9 Å². The van der Waals surface area contributed by atoms with E-state index in [1.54, 1.807) is 12.1 Å². The highest BCUT2D eigenvalue weighted by Crippen LogP contribution is 2.25. The summed E-state index contributed by atoms with van der Waals surface area (Å²) in [5, 5.41) is 4.14. The van der Waals surface area contributed by atoms with E-state index in [-0.39, 0.29) is 0 Å². The van der Waals surface area contributed by atoms with Crippen molar-refractivity contribution in [1.82, 2.24) is 9.88 Å². The first-order valence-electron chi connectivity index (χ1n) is 5.69. The molecule has 0 bridgehead atoms. The summed E-state index contributed by atoms with van der Waals surface area (Å²) in [4.78, 5) is 0. The third-order valence-corrected chi connectivity index (χ3v) is 2.73. The molecule has 1 aromatic carbocycles. The highest BCUT2D eigenvalue weighted by Gasteiger charge is 2.13. The number of rotatable bonds is 4. The van der Waals surface area contributed by atoms with Gasteiger partial charge in [-0.2, -0.15) is 8.78 Å². The van der Waals surface area contributed by atoms with Crippen molar-refractivity contribution in [3.05, 3.63) is 36.0 Å². The molecular formula is C13H16F2N2. The second-order valence-electron chi connectivity index (χ2n) is 4.39. The van der Waals surface area contributed by atoms with Gasteiger partial charge in [0.1, 0.15) is 0 Å². The fourth-order valence-corrected chi connectivity index (χ4v) is 1.89. The summed E-state index contributed by atoms with van der Waals surface area (Å²) in [5.41, 5.74) is 1.50. The SMILES string of the molecule is CC(C)NCc1cn(C(F)F)c2ccccc12. The number of benzene rings is 1. The van der Waals surface area contributed by atoms with Crippen LogP contribution in [0.4, 0.5) is 8.78 Å². The first-order chi connectivity index (χ1) is 8.09. The van der Waals surface area contributed by atoms with E-state index >= 15 is 0 Å². The van der Waals surface area contributed by atoms with E-state index in [9.17, 15) is 8.78 Å². The van der Waals surface area contributed by atoms with Crippen LogP contribution in [0.15, 0.2) is 30.5 Å². The van der Waals surface area contributed by atoms with Gasteiger partial charge in [0.2, 0.25) is 0 Å². The van der Waals surface area contributed by atoms with Gasteiger partial charge in [-0.25, -0.2) is 0 Å². The van der Waals surface area contributed by atoms with E-state index in [4.69, 9.17) is 0 Å². The standard InChI is InChI=1S/C13H16F2N2/c1-9(2)16-7-10-8-17(13(14)15)12-6-4-3-5-11(10)12/h3-6,8-9,13,16H,7H2,1-2H3. The molecule has 4 heteroatoms. The average Bonchev–Trinajstić information content (AvgIpc) is 2.65. The smallest absolute Gasteiger partial charge is 0.310 e. The molecule has 0 saturated carbocycles. The van der Waals surface area contributed by atoms with Crippen molar-refractivity contribution in [1.29, 1.82) is 0 Å². The first-order valence-corrected chi connectivity index (χ1v) is 5.69. The molecule has 0 unspecified atom stereocenters. The van der Waals surface area contributed by atoms with Gasteiger partial charge in [0.15, 0.2) is 0 Å². The van der Waals surface area contributed by atoms with Crippen molar-refractivity contribution in [2.75, 3.05) is 0 Å². The number of para-hydroxylation sites is 1. The second kappa shape index (κ2) is 4.84. The third-order valence-electron chi connectivity index (χ3n) is 2.73. The van der Waals surface area contributed by atoms with Crippen LogP contribution < -0.4 is 5.32 Å². The van der Waals surface area contributed by atoms with Gasteiger partial charge in [0.25, 0.3) is 0 Å². The van der Waals surface area contributed by atoms with Gasteiger partial charge >= 0.3 is 6.55 Å². The normalized spacial score (nSPS) is 11.9. The summed E-state index contributed by atoms with van der Waals surface area (Å²) in [7, 11) is 0. The molecular weight excluding hydrogens is 222 g/mol.